The van der Waals surface area contributed by atoms with Crippen LogP contribution in [-0.2, 0) is 4.79 Å². The van der Waals surface area contributed by atoms with Crippen molar-refractivity contribution in [3.63, 3.8) is 0 Å². The maximum absolute atomic E-state index is 12.4. The molecule has 1 saturated carbocycles. The van der Waals surface area contributed by atoms with Gasteiger partial charge in [-0.1, -0.05) is 25.5 Å². The van der Waals surface area contributed by atoms with Crippen molar-refractivity contribution in [1.82, 2.24) is 15.3 Å². The third-order valence-electron chi connectivity index (χ3n) is 5.58. The SMILES string of the molecule is CCCC(=O)NC(c1cccnc1)c1cc(C2CCC2)c2cccnc2c1O. The molecule has 1 atom stereocenters. The summed E-state index contributed by atoms with van der Waals surface area (Å²) in [5.74, 6) is 0.568. The standard InChI is InChI=1S/C23H25N3O2/c1-2-6-20(27)26-21(16-9-4-11-24-14-16)19-13-18(15-7-3-8-15)17-10-5-12-25-22(17)23(19)28/h4-5,9-15,21,28H,2-3,6-8H2,1H3,(H,26,27). The molecule has 2 heterocycles. The van der Waals surface area contributed by atoms with E-state index in [1.165, 1.54) is 12.0 Å². The van der Waals surface area contributed by atoms with Crippen molar-refractivity contribution < 1.29 is 9.90 Å². The maximum atomic E-state index is 12.4. The predicted molar refractivity (Wildman–Crippen MR) is 109 cm³/mol. The molecule has 1 aromatic carbocycles. The number of hydrogen-bond donors (Lipinski definition) is 2. The number of aromatic hydroxyl groups is 1. The normalized spacial score (nSPS) is 15.2. The fourth-order valence-electron chi connectivity index (χ4n) is 3.90. The van der Waals surface area contributed by atoms with E-state index in [0.717, 1.165) is 30.2 Å². The van der Waals surface area contributed by atoms with Gasteiger partial charge in [0.15, 0.2) is 0 Å². The fourth-order valence-corrected chi connectivity index (χ4v) is 3.90. The second-order valence-electron chi connectivity index (χ2n) is 7.47. The van der Waals surface area contributed by atoms with Crippen molar-refractivity contribution in [3.8, 4) is 5.75 Å². The van der Waals surface area contributed by atoms with Gasteiger partial charge in [-0.05, 0) is 54.5 Å². The number of pyridine rings is 2. The lowest BCUT2D eigenvalue weighted by Crippen LogP contribution is -2.29. The molecule has 2 aromatic heterocycles. The molecule has 5 nitrogen and oxygen atoms in total. The Hall–Kier alpha value is -2.95. The van der Waals surface area contributed by atoms with Gasteiger partial charge in [0, 0.05) is 36.0 Å². The van der Waals surface area contributed by atoms with Gasteiger partial charge in [0.2, 0.25) is 5.91 Å². The van der Waals surface area contributed by atoms with Gasteiger partial charge in [0.05, 0.1) is 6.04 Å². The van der Waals surface area contributed by atoms with E-state index in [1.807, 2.05) is 31.2 Å². The third-order valence-corrected chi connectivity index (χ3v) is 5.58. The Balaban J connectivity index is 1.87. The van der Waals surface area contributed by atoms with Gasteiger partial charge in [0.25, 0.3) is 0 Å². The average Bonchev–Trinajstić information content (AvgIpc) is 2.68. The zero-order chi connectivity index (χ0) is 19.5. The molecule has 144 valence electrons. The van der Waals surface area contributed by atoms with E-state index in [9.17, 15) is 9.90 Å². The number of rotatable bonds is 6. The second-order valence-corrected chi connectivity index (χ2v) is 7.47. The highest BCUT2D eigenvalue weighted by Gasteiger charge is 2.28. The van der Waals surface area contributed by atoms with E-state index >= 15 is 0 Å². The molecule has 4 rings (SSSR count). The molecule has 0 spiro atoms. The molecular formula is C23H25N3O2. The molecule has 5 heteroatoms. The van der Waals surface area contributed by atoms with Crippen molar-refractivity contribution >= 4 is 16.8 Å². The van der Waals surface area contributed by atoms with E-state index in [2.05, 4.69) is 21.4 Å². The number of phenolic OH excluding ortho intramolecular Hbond substituents is 1. The monoisotopic (exact) mass is 375 g/mol. The lowest BCUT2D eigenvalue weighted by molar-refractivity contribution is -0.121. The number of aromatic nitrogens is 2. The molecule has 1 amide bonds. The number of carbonyl (C=O) groups is 1. The molecule has 0 bridgehead atoms. The number of phenols is 1. The summed E-state index contributed by atoms with van der Waals surface area (Å²) >= 11 is 0. The van der Waals surface area contributed by atoms with Gasteiger partial charge < -0.3 is 10.4 Å². The number of amides is 1. The summed E-state index contributed by atoms with van der Waals surface area (Å²) in [5.41, 5.74) is 3.34. The number of hydrogen-bond acceptors (Lipinski definition) is 4. The van der Waals surface area contributed by atoms with E-state index in [4.69, 9.17) is 0 Å². The predicted octanol–water partition coefficient (Wildman–Crippen LogP) is 4.61. The number of nitrogens with zero attached hydrogens (tertiary/aromatic N) is 2. The summed E-state index contributed by atoms with van der Waals surface area (Å²) in [6.07, 6.45) is 9.87. The summed E-state index contributed by atoms with van der Waals surface area (Å²) in [6.45, 7) is 1.98. The van der Waals surface area contributed by atoms with Crippen LogP contribution in [0.15, 0.2) is 48.9 Å². The maximum Gasteiger partial charge on any atom is 0.220 e. The minimum atomic E-state index is -0.460. The van der Waals surface area contributed by atoms with Crippen molar-refractivity contribution in [1.29, 1.82) is 0 Å². The van der Waals surface area contributed by atoms with Crippen LogP contribution in [0.2, 0.25) is 0 Å². The van der Waals surface area contributed by atoms with E-state index in [-0.39, 0.29) is 11.7 Å². The molecule has 1 aliphatic rings. The fraction of sp³-hybridized carbons (Fsp3) is 0.348. The molecular weight excluding hydrogens is 350 g/mol. The van der Waals surface area contributed by atoms with E-state index in [0.29, 0.717) is 23.4 Å². The Morgan fingerprint density at radius 1 is 1.29 bits per heavy atom. The lowest BCUT2D eigenvalue weighted by atomic mass is 9.77. The lowest BCUT2D eigenvalue weighted by Gasteiger charge is -2.29. The number of benzene rings is 1. The minimum Gasteiger partial charge on any atom is -0.505 e. The summed E-state index contributed by atoms with van der Waals surface area (Å²) in [4.78, 5) is 21.1. The largest absolute Gasteiger partial charge is 0.505 e. The third kappa shape index (κ3) is 3.44. The van der Waals surface area contributed by atoms with Crippen LogP contribution < -0.4 is 5.32 Å². The van der Waals surface area contributed by atoms with Crippen LogP contribution in [0.5, 0.6) is 5.75 Å². The van der Waals surface area contributed by atoms with Gasteiger partial charge in [0.1, 0.15) is 11.3 Å². The van der Waals surface area contributed by atoms with E-state index < -0.39 is 6.04 Å². The number of nitrogens with one attached hydrogen (secondary N) is 1. The Kier molecular flexibility index (Phi) is 5.24. The van der Waals surface area contributed by atoms with Crippen LogP contribution in [0.3, 0.4) is 0 Å². The first-order chi connectivity index (χ1) is 13.7. The van der Waals surface area contributed by atoms with Crippen LogP contribution in [0.1, 0.15) is 67.7 Å². The van der Waals surface area contributed by atoms with Crippen molar-refractivity contribution in [3.05, 3.63) is 65.6 Å². The van der Waals surface area contributed by atoms with Gasteiger partial charge in [-0.2, -0.15) is 0 Å². The first kappa shape index (κ1) is 18.4. The van der Waals surface area contributed by atoms with E-state index in [1.54, 1.807) is 18.6 Å². The van der Waals surface area contributed by atoms with Gasteiger partial charge in [-0.25, -0.2) is 0 Å². The Morgan fingerprint density at radius 3 is 2.79 bits per heavy atom. The molecule has 1 fully saturated rings. The molecule has 1 aliphatic carbocycles. The van der Waals surface area contributed by atoms with Crippen molar-refractivity contribution in [2.75, 3.05) is 0 Å². The Morgan fingerprint density at radius 2 is 2.11 bits per heavy atom. The average molecular weight is 375 g/mol. The van der Waals surface area contributed by atoms with Crippen LogP contribution in [0.25, 0.3) is 10.9 Å². The Labute approximate surface area is 164 Å². The molecule has 3 aromatic rings. The number of carbonyl (C=O) groups excluding carboxylic acids is 1. The molecule has 0 saturated heterocycles. The first-order valence-electron chi connectivity index (χ1n) is 9.98. The molecule has 28 heavy (non-hydrogen) atoms. The summed E-state index contributed by atoms with van der Waals surface area (Å²) < 4.78 is 0. The highest BCUT2D eigenvalue weighted by Crippen LogP contribution is 2.44. The van der Waals surface area contributed by atoms with Gasteiger partial charge >= 0.3 is 0 Å². The summed E-state index contributed by atoms with van der Waals surface area (Å²) in [5, 5.41) is 15.2. The van der Waals surface area contributed by atoms with Crippen molar-refractivity contribution in [2.45, 2.75) is 51.0 Å². The molecule has 0 radical (unpaired) electrons. The quantitative estimate of drug-likeness (QED) is 0.660. The van der Waals surface area contributed by atoms with Crippen LogP contribution in [0.4, 0.5) is 0 Å². The molecule has 1 unspecified atom stereocenters. The topological polar surface area (TPSA) is 75.1 Å². The zero-order valence-corrected chi connectivity index (χ0v) is 16.1. The minimum absolute atomic E-state index is 0.0398. The highest BCUT2D eigenvalue weighted by atomic mass is 16.3. The molecule has 2 N–H and O–H groups in total. The van der Waals surface area contributed by atoms with Crippen LogP contribution in [0, 0.1) is 0 Å². The van der Waals surface area contributed by atoms with Gasteiger partial charge in [-0.15, -0.1) is 0 Å². The zero-order valence-electron chi connectivity index (χ0n) is 16.1. The summed E-state index contributed by atoms with van der Waals surface area (Å²) in [7, 11) is 0. The number of fused-ring (bicyclic) bond motifs is 1. The second kappa shape index (κ2) is 7.97. The van der Waals surface area contributed by atoms with Crippen LogP contribution >= 0.6 is 0 Å². The molecule has 0 aliphatic heterocycles. The summed E-state index contributed by atoms with van der Waals surface area (Å²) in [6, 6.07) is 9.30. The van der Waals surface area contributed by atoms with Crippen LogP contribution in [-0.4, -0.2) is 21.0 Å². The smallest absolute Gasteiger partial charge is 0.220 e. The first-order valence-corrected chi connectivity index (χ1v) is 9.98. The van der Waals surface area contributed by atoms with Gasteiger partial charge in [-0.3, -0.25) is 14.8 Å². The Bertz CT molecular complexity index is 984. The van der Waals surface area contributed by atoms with Crippen molar-refractivity contribution in [2.24, 2.45) is 0 Å². The highest BCUT2D eigenvalue weighted by molar-refractivity contribution is 5.90.